The first-order valence-corrected chi connectivity index (χ1v) is 19.2. The number of rotatable bonds is 23. The van der Waals surface area contributed by atoms with Crippen LogP contribution in [0.5, 0.6) is 51.7 Å². The average molecular weight is 873 g/mol. The maximum atomic E-state index is 11.0. The molecule has 3 rings (SSSR count). The maximum Gasteiger partial charge on any atom is 0.203 e. The number of hydrogen-bond acceptors (Lipinski definition) is 12. The molecular weight excluding hydrogens is 820 g/mol. The quantitative estimate of drug-likeness (QED) is 0.0552. The number of carbonyl (C=O) groups is 3. The SMILES string of the molecule is BrCCCCCCBr.COc1cc(C=O)cc(OC)c1O.COc1cc(C=O)cc(OC)c1OCCCCCCOc1c(OC)cc(C=O)cc1OC. The molecule has 0 saturated carbocycles. The van der Waals surface area contributed by atoms with Crippen molar-refractivity contribution in [2.45, 2.75) is 51.4 Å². The lowest BCUT2D eigenvalue weighted by atomic mass is 10.2. The van der Waals surface area contributed by atoms with Gasteiger partial charge in [0.05, 0.1) is 55.9 Å². The molecule has 3 aromatic carbocycles. The van der Waals surface area contributed by atoms with Gasteiger partial charge in [-0.05, 0) is 74.9 Å². The molecule has 0 saturated heterocycles. The molecule has 0 amide bonds. The Morgan fingerprint density at radius 3 is 0.962 bits per heavy atom. The first-order valence-electron chi connectivity index (χ1n) is 17.0. The Morgan fingerprint density at radius 2 is 0.717 bits per heavy atom. The topological polar surface area (TPSA) is 145 Å². The van der Waals surface area contributed by atoms with Gasteiger partial charge < -0.3 is 43.0 Å². The van der Waals surface area contributed by atoms with Crippen molar-refractivity contribution >= 4 is 50.7 Å². The molecule has 0 aliphatic carbocycles. The Balaban J connectivity index is 0.000000544. The summed E-state index contributed by atoms with van der Waals surface area (Å²) in [7, 11) is 8.89. The van der Waals surface area contributed by atoms with E-state index in [4.69, 9.17) is 37.9 Å². The fourth-order valence-corrected chi connectivity index (χ4v) is 5.44. The Bertz CT molecular complexity index is 1360. The van der Waals surface area contributed by atoms with Gasteiger partial charge in [-0.1, -0.05) is 44.7 Å². The highest BCUT2D eigenvalue weighted by molar-refractivity contribution is 9.09. The van der Waals surface area contributed by atoms with Crippen molar-refractivity contribution in [2.24, 2.45) is 0 Å². The first-order chi connectivity index (χ1) is 25.7. The van der Waals surface area contributed by atoms with Gasteiger partial charge in [0.25, 0.3) is 0 Å². The van der Waals surface area contributed by atoms with Crippen LogP contribution in [-0.2, 0) is 0 Å². The Hall–Kier alpha value is -4.17. The summed E-state index contributed by atoms with van der Waals surface area (Å²) >= 11 is 6.78. The molecule has 3 aromatic rings. The molecular formula is C39H52Br2O12. The summed E-state index contributed by atoms with van der Waals surface area (Å²) in [6.07, 6.45) is 11.1. The van der Waals surface area contributed by atoms with E-state index < -0.39 is 0 Å². The number of phenolic OH excluding ortho intramolecular Hbond substituents is 1. The number of phenols is 1. The number of alkyl halides is 2. The second kappa shape index (κ2) is 28.3. The Labute approximate surface area is 329 Å². The molecule has 0 heterocycles. The second-order valence-corrected chi connectivity index (χ2v) is 12.6. The summed E-state index contributed by atoms with van der Waals surface area (Å²) in [6.45, 7) is 0.978. The van der Waals surface area contributed by atoms with E-state index in [-0.39, 0.29) is 17.2 Å². The van der Waals surface area contributed by atoms with Gasteiger partial charge in [-0.25, -0.2) is 0 Å². The maximum absolute atomic E-state index is 11.0. The summed E-state index contributed by atoms with van der Waals surface area (Å²) < 4.78 is 42.6. The second-order valence-electron chi connectivity index (χ2n) is 11.0. The lowest BCUT2D eigenvalue weighted by Gasteiger charge is -2.15. The number of hydrogen-bond donors (Lipinski definition) is 1. The molecule has 0 aromatic heterocycles. The molecule has 1 N–H and O–H groups in total. The van der Waals surface area contributed by atoms with Crippen LogP contribution in [0.15, 0.2) is 36.4 Å². The average Bonchev–Trinajstić information content (AvgIpc) is 3.20. The number of halogens is 2. The Morgan fingerprint density at radius 1 is 0.453 bits per heavy atom. The lowest BCUT2D eigenvalue weighted by molar-refractivity contribution is 0.111. The predicted octanol–water partition coefficient (Wildman–Crippen LogP) is 8.92. The van der Waals surface area contributed by atoms with Crippen molar-refractivity contribution in [3.05, 3.63) is 53.1 Å². The minimum absolute atomic E-state index is 0.101. The molecule has 0 fully saturated rings. The van der Waals surface area contributed by atoms with Gasteiger partial charge in [-0.2, -0.15) is 0 Å². The van der Waals surface area contributed by atoms with E-state index >= 15 is 0 Å². The van der Waals surface area contributed by atoms with Gasteiger partial charge in [-0.15, -0.1) is 0 Å². The first kappa shape index (κ1) is 46.9. The van der Waals surface area contributed by atoms with Crippen molar-refractivity contribution < 1.29 is 57.4 Å². The fraction of sp³-hybridized carbons (Fsp3) is 0.462. The monoisotopic (exact) mass is 870 g/mol. The smallest absolute Gasteiger partial charge is 0.203 e. The van der Waals surface area contributed by atoms with Gasteiger partial charge in [0, 0.05) is 27.4 Å². The minimum Gasteiger partial charge on any atom is -0.502 e. The van der Waals surface area contributed by atoms with Gasteiger partial charge in [-0.3, -0.25) is 14.4 Å². The van der Waals surface area contributed by atoms with Crippen LogP contribution < -0.4 is 37.9 Å². The summed E-state index contributed by atoms with van der Waals surface area (Å²) in [5, 5.41) is 11.8. The van der Waals surface area contributed by atoms with Crippen molar-refractivity contribution in [3.8, 4) is 51.7 Å². The van der Waals surface area contributed by atoms with Crippen LogP contribution in [0.25, 0.3) is 0 Å². The minimum atomic E-state index is -0.101. The summed E-state index contributed by atoms with van der Waals surface area (Å²) in [6, 6.07) is 9.34. The normalized spacial score (nSPS) is 9.96. The van der Waals surface area contributed by atoms with E-state index in [9.17, 15) is 19.5 Å². The number of carbonyl (C=O) groups excluding carboxylic acids is 3. The number of unbranched alkanes of at least 4 members (excludes halogenated alkanes) is 6. The van der Waals surface area contributed by atoms with Gasteiger partial charge >= 0.3 is 0 Å². The predicted molar refractivity (Wildman–Crippen MR) is 212 cm³/mol. The molecule has 12 nitrogen and oxygen atoms in total. The molecule has 294 valence electrons. The van der Waals surface area contributed by atoms with E-state index in [1.54, 1.807) is 24.3 Å². The molecule has 0 aliphatic heterocycles. The third-order valence-corrected chi connectivity index (χ3v) is 8.55. The number of benzene rings is 3. The third-order valence-electron chi connectivity index (χ3n) is 7.42. The van der Waals surface area contributed by atoms with Crippen molar-refractivity contribution in [3.63, 3.8) is 0 Å². The molecule has 0 unspecified atom stereocenters. The van der Waals surface area contributed by atoms with E-state index in [0.717, 1.165) is 48.9 Å². The summed E-state index contributed by atoms with van der Waals surface area (Å²) in [4.78, 5) is 32.5. The number of ether oxygens (including phenoxy) is 8. The largest absolute Gasteiger partial charge is 0.502 e. The van der Waals surface area contributed by atoms with Crippen LogP contribution in [0.2, 0.25) is 0 Å². The van der Waals surface area contributed by atoms with Gasteiger partial charge in [0.2, 0.25) is 17.2 Å². The fourth-order valence-electron chi connectivity index (χ4n) is 4.65. The van der Waals surface area contributed by atoms with Crippen LogP contribution in [0.3, 0.4) is 0 Å². The van der Waals surface area contributed by atoms with Crippen LogP contribution in [-0.4, -0.2) is 90.5 Å². The summed E-state index contributed by atoms with van der Waals surface area (Å²) in [5.74, 6) is 3.17. The lowest BCUT2D eigenvalue weighted by Crippen LogP contribution is -2.04. The van der Waals surface area contributed by atoms with Crippen LogP contribution in [0.4, 0.5) is 0 Å². The molecule has 0 radical (unpaired) electrons. The molecule has 53 heavy (non-hydrogen) atoms. The number of methoxy groups -OCH3 is 6. The summed E-state index contributed by atoms with van der Waals surface area (Å²) in [5.41, 5.74) is 1.31. The third kappa shape index (κ3) is 16.6. The highest BCUT2D eigenvalue weighted by atomic mass is 79.9. The zero-order valence-corrected chi connectivity index (χ0v) is 34.5. The number of aldehydes is 3. The van der Waals surface area contributed by atoms with E-state index in [0.29, 0.717) is 70.7 Å². The van der Waals surface area contributed by atoms with E-state index in [1.807, 2.05) is 0 Å². The standard InChI is InChI=1S/C24H30O8.C9H10O4.C6H12Br2/c1-27-19-11-17(15-25)12-20(28-2)23(19)31-9-7-5-6-8-10-32-24-21(29-3)13-18(16-26)14-22(24)30-4;1-12-7-3-6(5-10)4-8(13-2)9(7)11;7-5-3-1-2-4-6-8/h11-16H,5-10H2,1-4H3;3-5,11H,1-2H3;1-6H2. The van der Waals surface area contributed by atoms with Crippen LogP contribution in [0.1, 0.15) is 82.4 Å². The van der Waals surface area contributed by atoms with Gasteiger partial charge in [0.15, 0.2) is 34.5 Å². The van der Waals surface area contributed by atoms with Crippen molar-refractivity contribution in [2.75, 3.05) is 66.5 Å². The number of aromatic hydroxyl groups is 1. The van der Waals surface area contributed by atoms with Crippen molar-refractivity contribution in [1.82, 2.24) is 0 Å². The zero-order chi connectivity index (χ0) is 39.4. The van der Waals surface area contributed by atoms with E-state index in [1.165, 1.54) is 80.5 Å². The van der Waals surface area contributed by atoms with E-state index in [2.05, 4.69) is 31.9 Å². The zero-order valence-electron chi connectivity index (χ0n) is 31.4. The van der Waals surface area contributed by atoms with Crippen LogP contribution >= 0.6 is 31.9 Å². The van der Waals surface area contributed by atoms with Crippen LogP contribution in [0, 0.1) is 0 Å². The molecule has 14 heteroatoms. The molecule has 0 aliphatic rings. The van der Waals surface area contributed by atoms with Crippen molar-refractivity contribution in [1.29, 1.82) is 0 Å². The molecule has 0 atom stereocenters. The molecule has 0 bridgehead atoms. The van der Waals surface area contributed by atoms with Gasteiger partial charge in [0.1, 0.15) is 18.9 Å². The molecule has 0 spiro atoms. The highest BCUT2D eigenvalue weighted by Crippen LogP contribution is 2.40. The Kier molecular flexibility index (Phi) is 25.1. The highest BCUT2D eigenvalue weighted by Gasteiger charge is 2.16.